The third kappa shape index (κ3) is 1.08. The molecule has 0 fully saturated rings. The first kappa shape index (κ1) is 9.23. The van der Waals surface area contributed by atoms with Crippen LogP contribution in [0.5, 0.6) is 0 Å². The van der Waals surface area contributed by atoms with E-state index < -0.39 is 0 Å². The van der Waals surface area contributed by atoms with Crippen molar-refractivity contribution in [2.75, 3.05) is 0 Å². The average molecular weight is 218 g/mol. The van der Waals surface area contributed by atoms with Crippen molar-refractivity contribution in [1.29, 1.82) is 0 Å². The molecule has 17 heavy (non-hydrogen) atoms. The highest BCUT2D eigenvalue weighted by Gasteiger charge is 2.35. The molecule has 0 heteroatoms. The van der Waals surface area contributed by atoms with Gasteiger partial charge in [-0.3, -0.25) is 0 Å². The van der Waals surface area contributed by atoms with Gasteiger partial charge in [0.25, 0.3) is 0 Å². The monoisotopic (exact) mass is 218 g/mol. The molecule has 0 bridgehead atoms. The van der Waals surface area contributed by atoms with Crippen LogP contribution in [0.3, 0.4) is 0 Å². The molecule has 82 valence electrons. The van der Waals surface area contributed by atoms with E-state index in [9.17, 15) is 0 Å². The van der Waals surface area contributed by atoms with Gasteiger partial charge in [0.1, 0.15) is 0 Å². The van der Waals surface area contributed by atoms with E-state index in [1.807, 2.05) is 0 Å². The predicted octanol–water partition coefficient (Wildman–Crippen LogP) is 4.24. The van der Waals surface area contributed by atoms with Crippen LogP contribution in [0.1, 0.15) is 24.0 Å². The predicted molar refractivity (Wildman–Crippen MR) is 71.6 cm³/mol. The molecule has 0 N–H and O–H groups in total. The van der Waals surface area contributed by atoms with Crippen molar-refractivity contribution in [1.82, 2.24) is 0 Å². The lowest BCUT2D eigenvalue weighted by molar-refractivity contribution is 0.935. The van der Waals surface area contributed by atoms with Gasteiger partial charge in [0.2, 0.25) is 0 Å². The summed E-state index contributed by atoms with van der Waals surface area (Å²) in [5.41, 5.74) is 7.45. The van der Waals surface area contributed by atoms with Crippen LogP contribution in [0.4, 0.5) is 0 Å². The summed E-state index contributed by atoms with van der Waals surface area (Å²) in [5, 5.41) is 0. The molecule has 4 rings (SSSR count). The average Bonchev–Trinajstić information content (AvgIpc) is 2.88. The Morgan fingerprint density at radius 3 is 2.88 bits per heavy atom. The molecule has 0 radical (unpaired) electrons. The Balaban J connectivity index is 2.03. The summed E-state index contributed by atoms with van der Waals surface area (Å²) >= 11 is 0. The maximum absolute atomic E-state index is 2.44. The Hall–Kier alpha value is -1.82. The second-order valence-electron chi connectivity index (χ2n) is 5.03. The lowest BCUT2D eigenvalue weighted by Crippen LogP contribution is -1.96. The van der Waals surface area contributed by atoms with Gasteiger partial charge in [0, 0.05) is 11.8 Å². The van der Waals surface area contributed by atoms with Crippen LogP contribution >= 0.6 is 0 Å². The Bertz CT molecular complexity index is 623. The largest absolute Gasteiger partial charge is 0.0732 e. The van der Waals surface area contributed by atoms with Crippen molar-refractivity contribution in [3.8, 4) is 0 Å². The minimum absolute atomic E-state index is 0.515. The number of hydrogen-bond acceptors (Lipinski definition) is 0. The quantitative estimate of drug-likeness (QED) is 0.611. The molecule has 0 nitrogen and oxygen atoms in total. The normalized spacial score (nSPS) is 27.9. The van der Waals surface area contributed by atoms with Gasteiger partial charge in [0.05, 0.1) is 0 Å². The first-order valence-corrected chi connectivity index (χ1v) is 6.26. The molecule has 0 amide bonds. The standard InChI is InChI=1S/C17H14/c1-11-13-7-4-5-9-15(13)17-14-8-3-2-6-12(14)10-16(11)17/h2-12H,1H3. The summed E-state index contributed by atoms with van der Waals surface area (Å²) in [7, 11) is 0. The van der Waals surface area contributed by atoms with Crippen LogP contribution in [0.25, 0.3) is 5.57 Å². The van der Waals surface area contributed by atoms with Crippen LogP contribution in [0, 0.1) is 5.92 Å². The summed E-state index contributed by atoms with van der Waals surface area (Å²) in [6, 6.07) is 8.83. The van der Waals surface area contributed by atoms with Crippen molar-refractivity contribution >= 4 is 5.57 Å². The van der Waals surface area contributed by atoms with E-state index >= 15 is 0 Å². The number of allylic oxidation sites excluding steroid dienone is 8. The molecular weight excluding hydrogens is 204 g/mol. The minimum Gasteiger partial charge on any atom is -0.0732 e. The van der Waals surface area contributed by atoms with Crippen LogP contribution in [0.2, 0.25) is 0 Å². The topological polar surface area (TPSA) is 0 Å². The molecule has 0 heterocycles. The molecule has 0 spiro atoms. The molecule has 0 saturated heterocycles. The van der Waals surface area contributed by atoms with Crippen LogP contribution in [0.15, 0.2) is 65.8 Å². The van der Waals surface area contributed by atoms with Crippen molar-refractivity contribution in [2.45, 2.75) is 12.8 Å². The van der Waals surface area contributed by atoms with Crippen LogP contribution < -0.4 is 0 Å². The summed E-state index contributed by atoms with van der Waals surface area (Å²) in [4.78, 5) is 0. The summed E-state index contributed by atoms with van der Waals surface area (Å²) < 4.78 is 0. The molecule has 2 unspecified atom stereocenters. The Labute approximate surface area is 102 Å². The Morgan fingerprint density at radius 1 is 1.06 bits per heavy atom. The van der Waals surface area contributed by atoms with Gasteiger partial charge in [-0.25, -0.2) is 0 Å². The third-order valence-electron chi connectivity index (χ3n) is 4.16. The minimum atomic E-state index is 0.515. The third-order valence-corrected chi connectivity index (χ3v) is 4.16. The lowest BCUT2D eigenvalue weighted by Gasteiger charge is -2.11. The fourth-order valence-corrected chi connectivity index (χ4v) is 3.34. The molecule has 0 aromatic heterocycles. The number of hydrogen-bond donors (Lipinski definition) is 0. The van der Waals surface area contributed by atoms with E-state index in [1.165, 1.54) is 27.8 Å². The molecule has 3 aliphatic carbocycles. The molecule has 2 atom stereocenters. The number of benzene rings is 1. The Morgan fingerprint density at radius 2 is 1.94 bits per heavy atom. The second kappa shape index (κ2) is 3.10. The van der Waals surface area contributed by atoms with Crippen molar-refractivity contribution in [3.63, 3.8) is 0 Å². The Kier molecular flexibility index (Phi) is 1.69. The van der Waals surface area contributed by atoms with Gasteiger partial charge < -0.3 is 0 Å². The van der Waals surface area contributed by atoms with Gasteiger partial charge in [0.15, 0.2) is 0 Å². The van der Waals surface area contributed by atoms with Gasteiger partial charge >= 0.3 is 0 Å². The lowest BCUT2D eigenvalue weighted by atomic mass is 9.93. The maximum Gasteiger partial charge on any atom is 0.0214 e. The van der Waals surface area contributed by atoms with Gasteiger partial charge in [-0.1, -0.05) is 61.6 Å². The zero-order valence-electron chi connectivity index (χ0n) is 9.85. The molecule has 0 saturated carbocycles. The van der Waals surface area contributed by atoms with E-state index in [2.05, 4.69) is 61.6 Å². The zero-order valence-corrected chi connectivity index (χ0v) is 9.85. The van der Waals surface area contributed by atoms with Crippen LogP contribution in [-0.4, -0.2) is 0 Å². The first-order valence-electron chi connectivity index (χ1n) is 6.26. The van der Waals surface area contributed by atoms with E-state index in [-0.39, 0.29) is 0 Å². The van der Waals surface area contributed by atoms with Gasteiger partial charge in [-0.05, 0) is 27.8 Å². The fraction of sp³-hybridized carbons (Fsp3) is 0.176. The van der Waals surface area contributed by atoms with E-state index in [1.54, 1.807) is 0 Å². The van der Waals surface area contributed by atoms with E-state index in [4.69, 9.17) is 0 Å². The zero-order chi connectivity index (χ0) is 11.4. The maximum atomic E-state index is 2.44. The molecule has 3 aliphatic rings. The number of fused-ring (bicyclic) bond motifs is 4. The van der Waals surface area contributed by atoms with Gasteiger partial charge in [-0.15, -0.1) is 0 Å². The second-order valence-corrected chi connectivity index (χ2v) is 5.03. The van der Waals surface area contributed by atoms with Crippen molar-refractivity contribution in [2.24, 2.45) is 5.92 Å². The van der Waals surface area contributed by atoms with Crippen molar-refractivity contribution < 1.29 is 0 Å². The fourth-order valence-electron chi connectivity index (χ4n) is 3.34. The highest BCUT2D eigenvalue weighted by Crippen LogP contribution is 2.52. The summed E-state index contributed by atoms with van der Waals surface area (Å²) in [5.74, 6) is 1.07. The van der Waals surface area contributed by atoms with Crippen molar-refractivity contribution in [3.05, 3.63) is 76.9 Å². The van der Waals surface area contributed by atoms with Gasteiger partial charge in [-0.2, -0.15) is 0 Å². The van der Waals surface area contributed by atoms with Crippen LogP contribution in [-0.2, 0) is 0 Å². The first-order chi connectivity index (χ1) is 8.36. The highest BCUT2D eigenvalue weighted by molar-refractivity contribution is 5.94. The van der Waals surface area contributed by atoms with E-state index in [0.29, 0.717) is 11.8 Å². The molecular formula is C17H14. The SMILES string of the molecule is CC1C2=CC3C=CC=CC3=C2c2ccccc21. The highest BCUT2D eigenvalue weighted by atomic mass is 14.4. The number of rotatable bonds is 0. The van der Waals surface area contributed by atoms with E-state index in [0.717, 1.165) is 0 Å². The molecule has 1 aromatic carbocycles. The summed E-state index contributed by atoms with van der Waals surface area (Å²) in [6.45, 7) is 2.32. The molecule has 0 aliphatic heterocycles. The smallest absolute Gasteiger partial charge is 0.0214 e. The molecule has 1 aromatic rings. The summed E-state index contributed by atoms with van der Waals surface area (Å²) in [6.07, 6.45) is 11.3.